The van der Waals surface area contributed by atoms with E-state index >= 15 is 0 Å². The summed E-state index contributed by atoms with van der Waals surface area (Å²) in [6.45, 7) is 3.44. The lowest BCUT2D eigenvalue weighted by Gasteiger charge is -2.17. The molecule has 0 aromatic heterocycles. The number of aliphatic hydroxyl groups is 1. The van der Waals surface area contributed by atoms with Crippen LogP contribution in [0.1, 0.15) is 25.5 Å². The number of rotatable bonds is 5. The standard InChI is InChI=1S/C14H17NO3/c1-4-9-15-14(17)11(3)18-13-8-6-5-7-12(13)10(2)16/h1,5-8,10-11,16H,9H2,2-3H3,(H,15,17). The smallest absolute Gasteiger partial charge is 0.261 e. The van der Waals surface area contributed by atoms with E-state index in [0.29, 0.717) is 11.3 Å². The van der Waals surface area contributed by atoms with Gasteiger partial charge in [0.25, 0.3) is 5.91 Å². The third kappa shape index (κ3) is 3.79. The van der Waals surface area contributed by atoms with Gasteiger partial charge in [0.15, 0.2) is 6.10 Å². The van der Waals surface area contributed by atoms with Crippen LogP contribution in [0.5, 0.6) is 5.75 Å². The van der Waals surface area contributed by atoms with Crippen LogP contribution in [-0.4, -0.2) is 23.7 Å². The molecule has 1 amide bonds. The number of para-hydroxylation sites is 1. The number of hydrogen-bond donors (Lipinski definition) is 2. The summed E-state index contributed by atoms with van der Waals surface area (Å²) in [6.07, 6.45) is 3.74. The second-order valence-corrected chi connectivity index (χ2v) is 3.90. The Morgan fingerprint density at radius 3 is 2.78 bits per heavy atom. The van der Waals surface area contributed by atoms with E-state index in [1.807, 2.05) is 0 Å². The van der Waals surface area contributed by atoms with Crippen LogP contribution in [0.3, 0.4) is 0 Å². The van der Waals surface area contributed by atoms with Crippen LogP contribution in [0.25, 0.3) is 0 Å². The van der Waals surface area contributed by atoms with E-state index in [0.717, 1.165) is 0 Å². The van der Waals surface area contributed by atoms with Crippen molar-refractivity contribution in [3.63, 3.8) is 0 Å². The third-order valence-corrected chi connectivity index (χ3v) is 2.41. The van der Waals surface area contributed by atoms with Gasteiger partial charge in [-0.25, -0.2) is 0 Å². The number of nitrogens with one attached hydrogen (secondary N) is 1. The van der Waals surface area contributed by atoms with Gasteiger partial charge in [0.05, 0.1) is 12.6 Å². The van der Waals surface area contributed by atoms with Gasteiger partial charge >= 0.3 is 0 Å². The largest absolute Gasteiger partial charge is 0.481 e. The summed E-state index contributed by atoms with van der Waals surface area (Å²) in [6, 6.07) is 7.06. The predicted octanol–water partition coefficient (Wildman–Crippen LogP) is 1.26. The normalized spacial score (nSPS) is 13.2. The number of carbonyl (C=O) groups excluding carboxylic acids is 1. The molecule has 0 fully saturated rings. The summed E-state index contributed by atoms with van der Waals surface area (Å²) in [5.74, 6) is 2.53. The highest BCUT2D eigenvalue weighted by Gasteiger charge is 2.16. The van der Waals surface area contributed by atoms with E-state index in [9.17, 15) is 9.90 Å². The molecule has 2 atom stereocenters. The zero-order valence-electron chi connectivity index (χ0n) is 10.5. The molecule has 0 saturated heterocycles. The van der Waals surface area contributed by atoms with Gasteiger partial charge in [-0.05, 0) is 19.9 Å². The van der Waals surface area contributed by atoms with Gasteiger partial charge in [0.2, 0.25) is 0 Å². The van der Waals surface area contributed by atoms with Crippen LogP contribution in [0, 0.1) is 12.3 Å². The molecule has 1 aromatic carbocycles. The van der Waals surface area contributed by atoms with Crippen molar-refractivity contribution in [3.05, 3.63) is 29.8 Å². The van der Waals surface area contributed by atoms with Crippen LogP contribution < -0.4 is 10.1 Å². The number of ether oxygens (including phenoxy) is 1. The SMILES string of the molecule is C#CCNC(=O)C(C)Oc1ccccc1C(C)O. The number of carbonyl (C=O) groups is 1. The van der Waals surface area contributed by atoms with Crippen molar-refractivity contribution in [1.29, 1.82) is 0 Å². The zero-order valence-corrected chi connectivity index (χ0v) is 10.5. The fraction of sp³-hybridized carbons (Fsp3) is 0.357. The second kappa shape index (κ2) is 6.67. The van der Waals surface area contributed by atoms with Crippen molar-refractivity contribution in [2.45, 2.75) is 26.1 Å². The average Bonchev–Trinajstić information content (AvgIpc) is 2.36. The lowest BCUT2D eigenvalue weighted by molar-refractivity contribution is -0.127. The summed E-state index contributed by atoms with van der Waals surface area (Å²) in [5, 5.41) is 12.1. The number of benzene rings is 1. The van der Waals surface area contributed by atoms with E-state index in [-0.39, 0.29) is 12.5 Å². The Morgan fingerprint density at radius 1 is 1.50 bits per heavy atom. The molecular weight excluding hydrogens is 230 g/mol. The van der Waals surface area contributed by atoms with Crippen molar-refractivity contribution in [3.8, 4) is 18.1 Å². The molecule has 0 aliphatic carbocycles. The van der Waals surface area contributed by atoms with Gasteiger partial charge in [-0.3, -0.25) is 4.79 Å². The van der Waals surface area contributed by atoms with Crippen LogP contribution in [0.15, 0.2) is 24.3 Å². The Morgan fingerprint density at radius 2 is 2.17 bits per heavy atom. The van der Waals surface area contributed by atoms with Gasteiger partial charge in [-0.2, -0.15) is 0 Å². The van der Waals surface area contributed by atoms with E-state index < -0.39 is 12.2 Å². The molecule has 2 N–H and O–H groups in total. The molecule has 18 heavy (non-hydrogen) atoms. The molecule has 0 aliphatic heterocycles. The predicted molar refractivity (Wildman–Crippen MR) is 69.0 cm³/mol. The van der Waals surface area contributed by atoms with Crippen molar-refractivity contribution < 1.29 is 14.6 Å². The summed E-state index contributed by atoms with van der Waals surface area (Å²) in [4.78, 5) is 11.6. The fourth-order valence-corrected chi connectivity index (χ4v) is 1.46. The minimum Gasteiger partial charge on any atom is -0.481 e. The lowest BCUT2D eigenvalue weighted by atomic mass is 10.1. The molecule has 1 aromatic rings. The van der Waals surface area contributed by atoms with Gasteiger partial charge in [0, 0.05) is 5.56 Å². The maximum atomic E-state index is 11.6. The van der Waals surface area contributed by atoms with E-state index in [2.05, 4.69) is 11.2 Å². The minimum atomic E-state index is -0.668. The van der Waals surface area contributed by atoms with Crippen LogP contribution in [0.4, 0.5) is 0 Å². The quantitative estimate of drug-likeness (QED) is 0.770. The Hall–Kier alpha value is -1.99. The molecule has 0 saturated carbocycles. The lowest BCUT2D eigenvalue weighted by Crippen LogP contribution is -2.36. The molecule has 96 valence electrons. The summed E-state index contributed by atoms with van der Waals surface area (Å²) in [5.41, 5.74) is 0.647. The van der Waals surface area contributed by atoms with Crippen LogP contribution >= 0.6 is 0 Å². The van der Waals surface area contributed by atoms with E-state index in [1.165, 1.54) is 0 Å². The number of aliphatic hydroxyl groups excluding tert-OH is 1. The molecule has 0 aliphatic rings. The number of amides is 1. The molecule has 0 heterocycles. The first-order valence-electron chi connectivity index (χ1n) is 5.71. The van der Waals surface area contributed by atoms with E-state index in [4.69, 9.17) is 11.2 Å². The van der Waals surface area contributed by atoms with Crippen molar-refractivity contribution in [1.82, 2.24) is 5.32 Å². The summed E-state index contributed by atoms with van der Waals surface area (Å²) < 4.78 is 5.52. The third-order valence-electron chi connectivity index (χ3n) is 2.41. The highest BCUT2D eigenvalue weighted by Crippen LogP contribution is 2.25. The van der Waals surface area contributed by atoms with Gasteiger partial charge in [-0.15, -0.1) is 6.42 Å². The highest BCUT2D eigenvalue weighted by atomic mass is 16.5. The molecule has 0 bridgehead atoms. The molecular formula is C14H17NO3. The first-order valence-corrected chi connectivity index (χ1v) is 5.71. The molecule has 0 radical (unpaired) electrons. The molecule has 0 spiro atoms. The minimum absolute atomic E-state index is 0.171. The average molecular weight is 247 g/mol. The maximum absolute atomic E-state index is 11.6. The van der Waals surface area contributed by atoms with Crippen molar-refractivity contribution in [2.24, 2.45) is 0 Å². The first-order chi connectivity index (χ1) is 8.56. The maximum Gasteiger partial charge on any atom is 0.261 e. The topological polar surface area (TPSA) is 58.6 Å². The van der Waals surface area contributed by atoms with Gasteiger partial charge in [0.1, 0.15) is 5.75 Å². The van der Waals surface area contributed by atoms with Crippen LogP contribution in [0.2, 0.25) is 0 Å². The number of hydrogen-bond acceptors (Lipinski definition) is 3. The second-order valence-electron chi connectivity index (χ2n) is 3.90. The van der Waals surface area contributed by atoms with Crippen molar-refractivity contribution >= 4 is 5.91 Å². The fourth-order valence-electron chi connectivity index (χ4n) is 1.46. The zero-order chi connectivity index (χ0) is 13.5. The summed E-state index contributed by atoms with van der Waals surface area (Å²) in [7, 11) is 0. The molecule has 4 nitrogen and oxygen atoms in total. The van der Waals surface area contributed by atoms with Gasteiger partial charge in [-0.1, -0.05) is 24.1 Å². The number of terminal acetylenes is 1. The van der Waals surface area contributed by atoms with E-state index in [1.54, 1.807) is 38.1 Å². The molecule has 2 unspecified atom stereocenters. The molecule has 4 heteroatoms. The van der Waals surface area contributed by atoms with Crippen LogP contribution in [-0.2, 0) is 4.79 Å². The molecule has 1 rings (SSSR count). The Bertz CT molecular complexity index is 449. The van der Waals surface area contributed by atoms with Gasteiger partial charge < -0.3 is 15.2 Å². The summed E-state index contributed by atoms with van der Waals surface area (Å²) >= 11 is 0. The Kier molecular flexibility index (Phi) is 5.22. The highest BCUT2D eigenvalue weighted by molar-refractivity contribution is 5.80. The van der Waals surface area contributed by atoms with Crippen molar-refractivity contribution in [2.75, 3.05) is 6.54 Å². The monoisotopic (exact) mass is 247 g/mol. The Balaban J connectivity index is 2.73. The first kappa shape index (κ1) is 14.1. The Labute approximate surface area is 107 Å².